The van der Waals surface area contributed by atoms with Crippen LogP contribution < -0.4 is 10.2 Å². The molecule has 2 aromatic rings. The number of hydrogen-bond donors (Lipinski definition) is 1. The van der Waals surface area contributed by atoms with Gasteiger partial charge in [0.05, 0.1) is 5.41 Å². The molecule has 4 rings (SSSR count). The van der Waals surface area contributed by atoms with E-state index in [1.165, 1.54) is 5.69 Å². The van der Waals surface area contributed by atoms with Crippen LogP contribution in [0.2, 0.25) is 0 Å². The highest BCUT2D eigenvalue weighted by Crippen LogP contribution is 2.37. The van der Waals surface area contributed by atoms with Crippen LogP contribution in [0.5, 0.6) is 0 Å². The minimum Gasteiger partial charge on any atom is -0.368 e. The van der Waals surface area contributed by atoms with Crippen molar-refractivity contribution in [3.63, 3.8) is 0 Å². The van der Waals surface area contributed by atoms with Gasteiger partial charge in [-0.15, -0.1) is 0 Å². The number of nitrogens with zero attached hydrogens (tertiary/aromatic N) is 2. The molecule has 2 amide bonds. The second-order valence-electron chi connectivity index (χ2n) is 7.45. The summed E-state index contributed by atoms with van der Waals surface area (Å²) in [6, 6.07) is 15.8. The van der Waals surface area contributed by atoms with Gasteiger partial charge in [0.1, 0.15) is 0 Å². The van der Waals surface area contributed by atoms with Crippen LogP contribution in [0.1, 0.15) is 29.8 Å². The van der Waals surface area contributed by atoms with E-state index in [9.17, 15) is 9.59 Å². The Morgan fingerprint density at radius 2 is 1.69 bits per heavy atom. The van der Waals surface area contributed by atoms with Crippen LogP contribution in [0.25, 0.3) is 0 Å². The molecule has 0 spiro atoms. The molecular formula is C21H23N3O2. The van der Waals surface area contributed by atoms with Crippen molar-refractivity contribution in [3.05, 3.63) is 59.7 Å². The Hall–Kier alpha value is -2.82. The molecule has 5 nitrogen and oxygen atoms in total. The van der Waals surface area contributed by atoms with Crippen molar-refractivity contribution in [1.29, 1.82) is 0 Å². The zero-order valence-electron chi connectivity index (χ0n) is 15.2. The molecule has 2 aliphatic rings. The second kappa shape index (κ2) is 6.16. The maximum atomic E-state index is 12.9. The van der Waals surface area contributed by atoms with Gasteiger partial charge in [0, 0.05) is 43.1 Å². The zero-order chi connectivity index (χ0) is 18.3. The van der Waals surface area contributed by atoms with E-state index in [1.54, 1.807) is 0 Å². The first-order chi connectivity index (χ1) is 12.5. The van der Waals surface area contributed by atoms with Gasteiger partial charge in [0.25, 0.3) is 5.91 Å². The molecule has 5 heteroatoms. The maximum Gasteiger partial charge on any atom is 0.253 e. The van der Waals surface area contributed by atoms with Crippen LogP contribution in [-0.2, 0) is 10.2 Å². The predicted octanol–water partition coefficient (Wildman–Crippen LogP) is 2.88. The number of carbonyl (C=O) groups excluding carboxylic acids is 2. The lowest BCUT2D eigenvalue weighted by molar-refractivity contribution is -0.119. The van der Waals surface area contributed by atoms with Gasteiger partial charge in [-0.05, 0) is 49.7 Å². The topological polar surface area (TPSA) is 52.7 Å². The van der Waals surface area contributed by atoms with Crippen LogP contribution in [0.15, 0.2) is 48.5 Å². The van der Waals surface area contributed by atoms with E-state index in [2.05, 4.69) is 22.3 Å². The molecular weight excluding hydrogens is 326 g/mol. The van der Waals surface area contributed by atoms with E-state index in [0.29, 0.717) is 18.7 Å². The molecule has 1 N–H and O–H groups in total. The lowest BCUT2D eigenvalue weighted by Crippen LogP contribution is -2.48. The summed E-state index contributed by atoms with van der Waals surface area (Å²) in [5.74, 6) is 0.0178. The molecule has 1 fully saturated rings. The lowest BCUT2D eigenvalue weighted by atomic mass is 9.85. The van der Waals surface area contributed by atoms with E-state index in [1.807, 2.05) is 55.1 Å². The van der Waals surface area contributed by atoms with Crippen LogP contribution in [0.3, 0.4) is 0 Å². The summed E-state index contributed by atoms with van der Waals surface area (Å²) in [6.07, 6.45) is 0. The van der Waals surface area contributed by atoms with E-state index in [0.717, 1.165) is 24.3 Å². The van der Waals surface area contributed by atoms with Gasteiger partial charge >= 0.3 is 0 Å². The van der Waals surface area contributed by atoms with E-state index < -0.39 is 5.41 Å². The first kappa shape index (κ1) is 16.6. The Labute approximate surface area is 153 Å². The summed E-state index contributed by atoms with van der Waals surface area (Å²) < 4.78 is 0. The number of rotatable bonds is 2. The predicted molar refractivity (Wildman–Crippen MR) is 103 cm³/mol. The number of nitrogens with one attached hydrogen (secondary N) is 1. The Balaban J connectivity index is 1.48. The van der Waals surface area contributed by atoms with Gasteiger partial charge in [-0.25, -0.2) is 0 Å². The molecule has 26 heavy (non-hydrogen) atoms. The van der Waals surface area contributed by atoms with E-state index in [-0.39, 0.29) is 11.8 Å². The number of benzene rings is 2. The standard InChI is InChI=1S/C21H23N3O2/c1-21(2)17-14-15(8-9-18(17)22-20(21)26)19(25)24-12-10-23(11-13-24)16-6-4-3-5-7-16/h3-9,14H,10-13H2,1-2H3,(H,22,26). The Bertz CT molecular complexity index is 853. The quantitative estimate of drug-likeness (QED) is 0.907. The number of piperazine rings is 1. The fraction of sp³-hybridized carbons (Fsp3) is 0.333. The van der Waals surface area contributed by atoms with Gasteiger partial charge in [-0.3, -0.25) is 9.59 Å². The molecule has 2 heterocycles. The highest BCUT2D eigenvalue weighted by Gasteiger charge is 2.38. The summed E-state index contributed by atoms with van der Waals surface area (Å²) in [5.41, 5.74) is 2.96. The number of carbonyl (C=O) groups is 2. The minimum atomic E-state index is -0.600. The normalized spacial score (nSPS) is 18.5. The van der Waals surface area contributed by atoms with Gasteiger partial charge in [-0.1, -0.05) is 18.2 Å². The van der Waals surface area contributed by atoms with Gasteiger partial charge in [0.2, 0.25) is 5.91 Å². The highest BCUT2D eigenvalue weighted by atomic mass is 16.2. The monoisotopic (exact) mass is 349 g/mol. The van der Waals surface area contributed by atoms with Crippen LogP contribution in [0, 0.1) is 0 Å². The van der Waals surface area contributed by atoms with Crippen LogP contribution in [0.4, 0.5) is 11.4 Å². The molecule has 1 saturated heterocycles. The summed E-state index contributed by atoms with van der Waals surface area (Å²) in [6.45, 7) is 6.83. The summed E-state index contributed by atoms with van der Waals surface area (Å²) in [7, 11) is 0. The van der Waals surface area contributed by atoms with Crippen molar-refractivity contribution in [2.24, 2.45) is 0 Å². The van der Waals surface area contributed by atoms with Gasteiger partial charge in [-0.2, -0.15) is 0 Å². The highest BCUT2D eigenvalue weighted by molar-refractivity contribution is 6.07. The van der Waals surface area contributed by atoms with Gasteiger partial charge < -0.3 is 15.1 Å². The third kappa shape index (κ3) is 2.73. The third-order valence-electron chi connectivity index (χ3n) is 5.44. The number of para-hydroxylation sites is 1. The molecule has 0 aliphatic carbocycles. The molecule has 0 atom stereocenters. The summed E-state index contributed by atoms with van der Waals surface area (Å²) in [5, 5.41) is 2.89. The SMILES string of the molecule is CC1(C)C(=O)Nc2ccc(C(=O)N3CCN(c4ccccc4)CC3)cc21. The van der Waals surface area contributed by atoms with Crippen molar-refractivity contribution < 1.29 is 9.59 Å². The van der Waals surface area contributed by atoms with Crippen molar-refractivity contribution in [1.82, 2.24) is 4.90 Å². The fourth-order valence-electron chi connectivity index (χ4n) is 3.69. The van der Waals surface area contributed by atoms with Crippen molar-refractivity contribution in [2.45, 2.75) is 19.3 Å². The summed E-state index contributed by atoms with van der Waals surface area (Å²) >= 11 is 0. The van der Waals surface area contributed by atoms with E-state index in [4.69, 9.17) is 0 Å². The first-order valence-corrected chi connectivity index (χ1v) is 9.02. The lowest BCUT2D eigenvalue weighted by Gasteiger charge is -2.36. The molecule has 134 valence electrons. The molecule has 0 aromatic heterocycles. The van der Waals surface area contributed by atoms with E-state index >= 15 is 0 Å². The molecule has 0 radical (unpaired) electrons. The zero-order valence-corrected chi connectivity index (χ0v) is 15.2. The smallest absolute Gasteiger partial charge is 0.253 e. The van der Waals surface area contributed by atoms with Crippen molar-refractivity contribution in [2.75, 3.05) is 36.4 Å². The average molecular weight is 349 g/mol. The second-order valence-corrected chi connectivity index (χ2v) is 7.45. The maximum absolute atomic E-state index is 12.9. The fourth-order valence-corrected chi connectivity index (χ4v) is 3.69. The van der Waals surface area contributed by atoms with Crippen LogP contribution >= 0.6 is 0 Å². The van der Waals surface area contributed by atoms with Crippen molar-refractivity contribution in [3.8, 4) is 0 Å². The van der Waals surface area contributed by atoms with Crippen molar-refractivity contribution >= 4 is 23.2 Å². The summed E-state index contributed by atoms with van der Waals surface area (Å²) in [4.78, 5) is 29.2. The minimum absolute atomic E-state index is 0.0198. The molecule has 0 bridgehead atoms. The number of amides is 2. The van der Waals surface area contributed by atoms with Gasteiger partial charge in [0.15, 0.2) is 0 Å². The molecule has 0 saturated carbocycles. The number of hydrogen-bond acceptors (Lipinski definition) is 3. The average Bonchev–Trinajstić information content (AvgIpc) is 2.90. The first-order valence-electron chi connectivity index (χ1n) is 9.02. The molecule has 2 aliphatic heterocycles. The largest absolute Gasteiger partial charge is 0.368 e. The number of anilines is 2. The molecule has 0 unspecified atom stereocenters. The Morgan fingerprint density at radius 3 is 2.38 bits per heavy atom. The number of fused-ring (bicyclic) bond motifs is 1. The Kier molecular flexibility index (Phi) is 3.94. The van der Waals surface area contributed by atoms with Crippen LogP contribution in [-0.4, -0.2) is 42.9 Å². The molecule has 2 aromatic carbocycles. The third-order valence-corrected chi connectivity index (χ3v) is 5.44. The Morgan fingerprint density at radius 1 is 1.00 bits per heavy atom.